The van der Waals surface area contributed by atoms with Gasteiger partial charge in [-0.25, -0.2) is 4.98 Å². The molecule has 4 aromatic rings. The zero-order chi connectivity index (χ0) is 21.2. The monoisotopic (exact) mass is 436 g/mol. The van der Waals surface area contributed by atoms with E-state index >= 15 is 0 Å². The molecule has 0 spiro atoms. The van der Waals surface area contributed by atoms with Gasteiger partial charge in [0, 0.05) is 48.5 Å². The molecule has 7 nitrogen and oxygen atoms in total. The predicted molar refractivity (Wildman–Crippen MR) is 127 cm³/mol. The minimum Gasteiger partial charge on any atom is -0.383 e. The van der Waals surface area contributed by atoms with Gasteiger partial charge >= 0.3 is 0 Å². The van der Waals surface area contributed by atoms with E-state index < -0.39 is 0 Å². The molecule has 3 heterocycles. The third-order valence-electron chi connectivity index (χ3n) is 5.60. The lowest BCUT2D eigenvalue weighted by Gasteiger charge is -2.28. The van der Waals surface area contributed by atoms with E-state index in [0.717, 1.165) is 78.4 Å². The van der Waals surface area contributed by atoms with Gasteiger partial charge in [0.25, 0.3) is 0 Å². The van der Waals surface area contributed by atoms with E-state index in [1.807, 2.05) is 31.4 Å². The molecule has 0 aliphatic carbocycles. The lowest BCUT2D eigenvalue weighted by Crippen LogP contribution is -2.36. The number of halogens is 1. The van der Waals surface area contributed by atoms with Crippen LogP contribution in [0.4, 0.5) is 11.4 Å². The number of anilines is 2. The lowest BCUT2D eigenvalue weighted by atomic mass is 10.1. The maximum Gasteiger partial charge on any atom is 0.142 e. The zero-order valence-electron chi connectivity index (χ0n) is 17.4. The number of imidazole rings is 1. The Hall–Kier alpha value is -2.87. The summed E-state index contributed by atoms with van der Waals surface area (Å²) in [6.45, 7) is 4.94. The van der Waals surface area contributed by atoms with Crippen molar-refractivity contribution in [3.05, 3.63) is 47.6 Å². The Kier molecular flexibility index (Phi) is 5.63. The molecule has 0 unspecified atom stereocenters. The molecular formula is C23H25ClN6O. The molecule has 0 atom stereocenters. The number of H-pyrrole nitrogens is 1. The molecule has 31 heavy (non-hydrogen) atoms. The van der Waals surface area contributed by atoms with E-state index in [-0.39, 0.29) is 0 Å². The number of hydrogen-bond acceptors (Lipinski definition) is 6. The molecule has 1 fully saturated rings. The van der Waals surface area contributed by atoms with E-state index in [2.05, 4.69) is 43.7 Å². The van der Waals surface area contributed by atoms with Crippen LogP contribution in [-0.4, -0.2) is 61.4 Å². The summed E-state index contributed by atoms with van der Waals surface area (Å²) < 4.78 is 5.48. The van der Waals surface area contributed by atoms with Crippen molar-refractivity contribution in [1.29, 1.82) is 0 Å². The molecule has 1 aliphatic heterocycles. The predicted octanol–water partition coefficient (Wildman–Crippen LogP) is 3.90. The highest BCUT2D eigenvalue weighted by Crippen LogP contribution is 2.35. The maximum atomic E-state index is 6.30. The summed E-state index contributed by atoms with van der Waals surface area (Å²) in [4.78, 5) is 15.4. The summed E-state index contributed by atoms with van der Waals surface area (Å²) in [6, 6.07) is 12.1. The van der Waals surface area contributed by atoms with Crippen molar-refractivity contribution in [3.8, 4) is 11.4 Å². The number of morpholine rings is 1. The van der Waals surface area contributed by atoms with Gasteiger partial charge in [0.15, 0.2) is 0 Å². The number of rotatable bonds is 6. The summed E-state index contributed by atoms with van der Waals surface area (Å²) in [5.41, 5.74) is 5.91. The average Bonchev–Trinajstić information content (AvgIpc) is 3.23. The van der Waals surface area contributed by atoms with E-state index in [4.69, 9.17) is 21.3 Å². The van der Waals surface area contributed by atoms with Gasteiger partial charge in [-0.15, -0.1) is 0 Å². The first-order valence-corrected chi connectivity index (χ1v) is 10.9. The molecule has 3 N–H and O–H groups in total. The first-order chi connectivity index (χ1) is 15.2. The summed E-state index contributed by atoms with van der Waals surface area (Å²) in [5.74, 6) is 0.787. The van der Waals surface area contributed by atoms with Crippen LogP contribution in [0.1, 0.15) is 0 Å². The van der Waals surface area contributed by atoms with Crippen LogP contribution in [0, 0.1) is 0 Å². The molecule has 0 bridgehead atoms. The van der Waals surface area contributed by atoms with Crippen LogP contribution in [-0.2, 0) is 4.74 Å². The van der Waals surface area contributed by atoms with Crippen LogP contribution in [0.5, 0.6) is 0 Å². The average molecular weight is 437 g/mol. The van der Waals surface area contributed by atoms with Crippen LogP contribution in [0.2, 0.25) is 5.02 Å². The van der Waals surface area contributed by atoms with Gasteiger partial charge in [0.05, 0.1) is 41.0 Å². The fourth-order valence-corrected chi connectivity index (χ4v) is 4.16. The number of fused-ring (bicyclic) bond motifs is 2. The van der Waals surface area contributed by atoms with Crippen molar-refractivity contribution in [3.63, 3.8) is 0 Å². The minimum atomic E-state index is 0.683. The summed E-state index contributed by atoms with van der Waals surface area (Å²) in [6.07, 6.45) is 1.87. The van der Waals surface area contributed by atoms with Gasteiger partial charge < -0.3 is 25.3 Å². The van der Waals surface area contributed by atoms with E-state index in [0.29, 0.717) is 5.02 Å². The number of ether oxygens (including phenoxy) is 1. The smallest absolute Gasteiger partial charge is 0.142 e. The van der Waals surface area contributed by atoms with Gasteiger partial charge in [0.2, 0.25) is 0 Å². The second kappa shape index (κ2) is 8.70. The number of aromatic amines is 1. The number of nitrogens with one attached hydrogen (secondary N) is 3. The highest BCUT2D eigenvalue weighted by Gasteiger charge is 2.16. The number of hydrogen-bond donors (Lipinski definition) is 3. The quantitative estimate of drug-likeness (QED) is 0.398. The fourth-order valence-electron chi connectivity index (χ4n) is 3.99. The molecule has 1 aliphatic rings. The highest BCUT2D eigenvalue weighted by atomic mass is 35.5. The molecule has 1 saturated heterocycles. The Morgan fingerprint density at radius 2 is 1.97 bits per heavy atom. The normalized spacial score (nSPS) is 14.5. The first kappa shape index (κ1) is 20.1. The van der Waals surface area contributed by atoms with E-state index in [1.54, 1.807) is 0 Å². The molecule has 8 heteroatoms. The van der Waals surface area contributed by atoms with Gasteiger partial charge in [-0.05, 0) is 43.4 Å². The zero-order valence-corrected chi connectivity index (χ0v) is 18.2. The SMILES string of the molecule is CNCCNc1c(-c2nc3cc(N4CCOCC4)ccc3[nH]2)cnc2ccc(Cl)cc12. The largest absolute Gasteiger partial charge is 0.383 e. The lowest BCUT2D eigenvalue weighted by molar-refractivity contribution is 0.122. The molecule has 2 aromatic heterocycles. The molecule has 0 amide bonds. The van der Waals surface area contributed by atoms with Crippen molar-refractivity contribution >= 4 is 44.9 Å². The van der Waals surface area contributed by atoms with Gasteiger partial charge in [-0.1, -0.05) is 11.6 Å². The molecule has 5 rings (SSSR count). The Labute approximate surface area is 185 Å². The van der Waals surface area contributed by atoms with Crippen molar-refractivity contribution in [2.24, 2.45) is 0 Å². The van der Waals surface area contributed by atoms with Crippen molar-refractivity contribution in [2.75, 3.05) is 56.7 Å². The molecule has 2 aromatic carbocycles. The standard InChI is InChI=1S/C23H25ClN6O/c1-25-6-7-26-22-17-12-15(24)2-4-19(17)27-14-18(22)23-28-20-5-3-16(13-21(20)29-23)30-8-10-31-11-9-30/h2-5,12-14,25H,6-11H2,1H3,(H,26,27)(H,28,29). The molecule has 160 valence electrons. The first-order valence-electron chi connectivity index (χ1n) is 10.5. The topological polar surface area (TPSA) is 78.1 Å². The van der Waals surface area contributed by atoms with Gasteiger partial charge in [-0.3, -0.25) is 4.98 Å². The summed E-state index contributed by atoms with van der Waals surface area (Å²) in [7, 11) is 1.94. The van der Waals surface area contributed by atoms with E-state index in [9.17, 15) is 0 Å². The fraction of sp³-hybridized carbons (Fsp3) is 0.304. The minimum absolute atomic E-state index is 0.683. The molecule has 0 saturated carbocycles. The maximum absolute atomic E-state index is 6.30. The Balaban J connectivity index is 1.57. The third-order valence-corrected chi connectivity index (χ3v) is 5.84. The van der Waals surface area contributed by atoms with Crippen LogP contribution < -0.4 is 15.5 Å². The van der Waals surface area contributed by atoms with Crippen LogP contribution in [0.3, 0.4) is 0 Å². The van der Waals surface area contributed by atoms with E-state index in [1.165, 1.54) is 5.69 Å². The summed E-state index contributed by atoms with van der Waals surface area (Å²) in [5, 5.41) is 8.39. The Morgan fingerprint density at radius 1 is 1.10 bits per heavy atom. The van der Waals surface area contributed by atoms with Crippen LogP contribution in [0.25, 0.3) is 33.3 Å². The molecular weight excluding hydrogens is 412 g/mol. The second-order valence-corrected chi connectivity index (χ2v) is 8.06. The number of pyridine rings is 1. The van der Waals surface area contributed by atoms with Crippen LogP contribution in [0.15, 0.2) is 42.6 Å². The van der Waals surface area contributed by atoms with Crippen molar-refractivity contribution < 1.29 is 4.74 Å². The number of nitrogens with zero attached hydrogens (tertiary/aromatic N) is 3. The number of benzene rings is 2. The number of likely N-dealkylation sites (N-methyl/N-ethyl adjacent to an activating group) is 1. The third kappa shape index (κ3) is 4.04. The Morgan fingerprint density at radius 3 is 2.81 bits per heavy atom. The van der Waals surface area contributed by atoms with Gasteiger partial charge in [-0.2, -0.15) is 0 Å². The second-order valence-electron chi connectivity index (χ2n) is 7.62. The van der Waals surface area contributed by atoms with Crippen molar-refractivity contribution in [1.82, 2.24) is 20.3 Å². The highest BCUT2D eigenvalue weighted by molar-refractivity contribution is 6.31. The van der Waals surface area contributed by atoms with Gasteiger partial charge in [0.1, 0.15) is 5.82 Å². The Bertz CT molecular complexity index is 1220. The van der Waals surface area contributed by atoms with Crippen LogP contribution >= 0.6 is 11.6 Å². The molecule has 0 radical (unpaired) electrons. The van der Waals surface area contributed by atoms with Crippen molar-refractivity contribution in [2.45, 2.75) is 0 Å². The number of aromatic nitrogens is 3. The summed E-state index contributed by atoms with van der Waals surface area (Å²) >= 11 is 6.30.